The predicted octanol–water partition coefficient (Wildman–Crippen LogP) is 4.31. The topological polar surface area (TPSA) is 40.5 Å². The molecule has 0 aromatic heterocycles. The summed E-state index contributed by atoms with van der Waals surface area (Å²) in [6.45, 7) is 9.53. The van der Waals surface area contributed by atoms with Gasteiger partial charge in [-0.1, -0.05) is 39.7 Å². The van der Waals surface area contributed by atoms with Crippen LogP contribution in [0.25, 0.3) is 0 Å². The second kappa shape index (κ2) is 5.63. The summed E-state index contributed by atoms with van der Waals surface area (Å²) >= 11 is 0. The highest BCUT2D eigenvalue weighted by Gasteiger charge is 2.53. The van der Waals surface area contributed by atoms with E-state index in [-0.39, 0.29) is 16.9 Å². The Morgan fingerprint density at radius 2 is 1.86 bits per heavy atom. The van der Waals surface area contributed by atoms with E-state index in [0.717, 1.165) is 25.7 Å². The summed E-state index contributed by atoms with van der Waals surface area (Å²) in [6, 6.07) is 0. The summed E-state index contributed by atoms with van der Waals surface area (Å²) in [5.74, 6) is 1.58. The lowest BCUT2D eigenvalue weighted by Gasteiger charge is -2.57. The van der Waals surface area contributed by atoms with E-state index >= 15 is 0 Å². The Bertz CT molecular complexity index is 466. The Hall–Kier alpha value is -0.340. The van der Waals surface area contributed by atoms with Crippen molar-refractivity contribution in [3.8, 4) is 0 Å². The third kappa shape index (κ3) is 2.29. The summed E-state index contributed by atoms with van der Waals surface area (Å²) in [7, 11) is 0. The molecule has 0 aromatic rings. The van der Waals surface area contributed by atoms with Crippen LogP contribution in [0.3, 0.4) is 0 Å². The number of rotatable bonds is 2. The van der Waals surface area contributed by atoms with Crippen molar-refractivity contribution >= 4 is 0 Å². The molecule has 0 aromatic carbocycles. The van der Waals surface area contributed by atoms with Gasteiger partial charge in [-0.3, -0.25) is 0 Å². The first-order chi connectivity index (χ1) is 10.3. The van der Waals surface area contributed by atoms with Gasteiger partial charge in [-0.25, -0.2) is 0 Å². The van der Waals surface area contributed by atoms with Crippen molar-refractivity contribution < 1.29 is 10.2 Å². The first kappa shape index (κ1) is 16.5. The second-order valence-corrected chi connectivity index (χ2v) is 9.07. The largest absolute Gasteiger partial charge is 0.396 e. The second-order valence-electron chi connectivity index (χ2n) is 9.07. The lowest BCUT2D eigenvalue weighted by molar-refractivity contribution is -0.0470. The minimum absolute atomic E-state index is 0.0748. The third-order valence-electron chi connectivity index (χ3n) is 7.54. The zero-order chi connectivity index (χ0) is 16.1. The number of allylic oxidation sites excluding steroid dienone is 1. The average molecular weight is 306 g/mol. The van der Waals surface area contributed by atoms with Crippen LogP contribution in [0.2, 0.25) is 0 Å². The lowest BCUT2D eigenvalue weighted by atomic mass is 9.48. The van der Waals surface area contributed by atoms with E-state index in [1.165, 1.54) is 24.8 Å². The maximum atomic E-state index is 10.9. The standard InChI is InChI=1S/C20H34O2/c1-13(2)14-6-8-16-15(18(14)22)7-9-17-19(3,12-21)10-5-11-20(16,17)4/h13-14,17-18,21-22H,5-12H2,1-4H3/t14-,17-,18-,19-,20+/m0/s1. The normalized spacial score (nSPS) is 45.7. The van der Waals surface area contributed by atoms with Crippen LogP contribution in [0.5, 0.6) is 0 Å². The molecule has 3 aliphatic carbocycles. The molecule has 1 saturated carbocycles. The van der Waals surface area contributed by atoms with Gasteiger partial charge in [0, 0.05) is 6.61 Å². The highest BCUT2D eigenvalue weighted by atomic mass is 16.3. The maximum absolute atomic E-state index is 10.9. The number of aliphatic hydroxyl groups is 2. The summed E-state index contributed by atoms with van der Waals surface area (Å²) < 4.78 is 0. The van der Waals surface area contributed by atoms with Gasteiger partial charge in [0.05, 0.1) is 6.10 Å². The van der Waals surface area contributed by atoms with Crippen molar-refractivity contribution in [3.05, 3.63) is 11.1 Å². The molecule has 0 aliphatic heterocycles. The minimum Gasteiger partial charge on any atom is -0.396 e. The maximum Gasteiger partial charge on any atom is 0.0783 e. The van der Waals surface area contributed by atoms with Crippen molar-refractivity contribution in [2.75, 3.05) is 6.61 Å². The Kier molecular flexibility index (Phi) is 4.23. The molecule has 1 fully saturated rings. The zero-order valence-corrected chi connectivity index (χ0v) is 14.9. The molecule has 3 rings (SSSR count). The van der Waals surface area contributed by atoms with Crippen LogP contribution in [-0.2, 0) is 0 Å². The van der Waals surface area contributed by atoms with Crippen molar-refractivity contribution in [2.24, 2.45) is 28.6 Å². The van der Waals surface area contributed by atoms with E-state index in [0.29, 0.717) is 24.4 Å². The molecule has 2 nitrogen and oxygen atoms in total. The first-order valence-corrected chi connectivity index (χ1v) is 9.35. The van der Waals surface area contributed by atoms with Crippen LogP contribution in [-0.4, -0.2) is 22.9 Å². The summed E-state index contributed by atoms with van der Waals surface area (Å²) in [5, 5.41) is 20.9. The molecule has 0 heterocycles. The first-order valence-electron chi connectivity index (χ1n) is 9.35. The van der Waals surface area contributed by atoms with Gasteiger partial charge in [0.25, 0.3) is 0 Å². The predicted molar refractivity (Wildman–Crippen MR) is 90.5 cm³/mol. The van der Waals surface area contributed by atoms with E-state index in [2.05, 4.69) is 27.7 Å². The van der Waals surface area contributed by atoms with Crippen LogP contribution in [0, 0.1) is 28.6 Å². The molecule has 0 spiro atoms. The Morgan fingerprint density at radius 3 is 2.50 bits per heavy atom. The molecular formula is C20H34O2. The average Bonchev–Trinajstić information content (AvgIpc) is 2.47. The molecule has 0 unspecified atom stereocenters. The van der Waals surface area contributed by atoms with Gasteiger partial charge in [0.15, 0.2) is 0 Å². The van der Waals surface area contributed by atoms with Crippen LogP contribution in [0.15, 0.2) is 11.1 Å². The molecule has 2 N–H and O–H groups in total. The van der Waals surface area contributed by atoms with Crippen LogP contribution >= 0.6 is 0 Å². The highest BCUT2D eigenvalue weighted by Crippen LogP contribution is 2.62. The van der Waals surface area contributed by atoms with Crippen LogP contribution in [0.1, 0.15) is 72.6 Å². The van der Waals surface area contributed by atoms with E-state index in [9.17, 15) is 10.2 Å². The van der Waals surface area contributed by atoms with Crippen molar-refractivity contribution in [1.29, 1.82) is 0 Å². The lowest BCUT2D eigenvalue weighted by Crippen LogP contribution is -2.50. The summed E-state index contributed by atoms with van der Waals surface area (Å²) in [5.41, 5.74) is 3.25. The molecule has 126 valence electrons. The SMILES string of the molecule is CC(C)[C@@H]1CCC2=C(CC[C@H]3[C@](C)(CO)CCC[C@]23C)[C@H]1O. The molecule has 0 amide bonds. The van der Waals surface area contributed by atoms with Gasteiger partial charge in [-0.2, -0.15) is 0 Å². The highest BCUT2D eigenvalue weighted by molar-refractivity contribution is 5.33. The van der Waals surface area contributed by atoms with Gasteiger partial charge >= 0.3 is 0 Å². The van der Waals surface area contributed by atoms with Crippen molar-refractivity contribution in [3.63, 3.8) is 0 Å². The van der Waals surface area contributed by atoms with Crippen LogP contribution < -0.4 is 0 Å². The molecule has 0 radical (unpaired) electrons. The fourth-order valence-corrected chi connectivity index (χ4v) is 6.21. The number of hydrogen-bond acceptors (Lipinski definition) is 2. The molecule has 0 saturated heterocycles. The van der Waals surface area contributed by atoms with Crippen molar-refractivity contribution in [1.82, 2.24) is 0 Å². The number of hydrogen-bond donors (Lipinski definition) is 2. The van der Waals surface area contributed by atoms with E-state index in [1.807, 2.05) is 0 Å². The van der Waals surface area contributed by atoms with Gasteiger partial charge in [-0.05, 0) is 72.7 Å². The van der Waals surface area contributed by atoms with Gasteiger partial charge in [0.2, 0.25) is 0 Å². The van der Waals surface area contributed by atoms with Crippen molar-refractivity contribution in [2.45, 2.75) is 78.7 Å². The number of fused-ring (bicyclic) bond motifs is 2. The molecule has 5 atom stereocenters. The van der Waals surface area contributed by atoms with Gasteiger partial charge in [0.1, 0.15) is 0 Å². The van der Waals surface area contributed by atoms with E-state index in [4.69, 9.17) is 0 Å². The molecule has 3 aliphatic rings. The zero-order valence-electron chi connectivity index (χ0n) is 14.9. The number of aliphatic hydroxyl groups excluding tert-OH is 2. The fraction of sp³-hybridized carbons (Fsp3) is 0.900. The van der Waals surface area contributed by atoms with Gasteiger partial charge < -0.3 is 10.2 Å². The molecule has 0 bridgehead atoms. The quantitative estimate of drug-likeness (QED) is 0.746. The van der Waals surface area contributed by atoms with Gasteiger partial charge in [-0.15, -0.1) is 0 Å². The Balaban J connectivity index is 1.98. The third-order valence-corrected chi connectivity index (χ3v) is 7.54. The smallest absolute Gasteiger partial charge is 0.0783 e. The van der Waals surface area contributed by atoms with E-state index < -0.39 is 0 Å². The van der Waals surface area contributed by atoms with E-state index in [1.54, 1.807) is 5.57 Å². The molecule has 2 heteroatoms. The minimum atomic E-state index is -0.219. The Morgan fingerprint density at radius 1 is 1.14 bits per heavy atom. The molecule has 22 heavy (non-hydrogen) atoms. The summed E-state index contributed by atoms with van der Waals surface area (Å²) in [6.07, 6.45) is 7.90. The molecular weight excluding hydrogens is 272 g/mol. The Labute approximate surface area is 136 Å². The monoisotopic (exact) mass is 306 g/mol. The summed E-state index contributed by atoms with van der Waals surface area (Å²) in [4.78, 5) is 0. The fourth-order valence-electron chi connectivity index (χ4n) is 6.21. The van der Waals surface area contributed by atoms with Crippen LogP contribution in [0.4, 0.5) is 0 Å².